The van der Waals surface area contributed by atoms with Crippen molar-refractivity contribution in [1.29, 1.82) is 0 Å². The minimum absolute atomic E-state index is 0.236. The third-order valence-electron chi connectivity index (χ3n) is 8.21. The third kappa shape index (κ3) is 4.60. The van der Waals surface area contributed by atoms with Gasteiger partial charge in [-0.05, 0) is 50.3 Å². The molecular weight excluding hydrogens is 480 g/mol. The molecule has 2 amide bonds. The van der Waals surface area contributed by atoms with Gasteiger partial charge in [0.2, 0.25) is 5.91 Å². The highest BCUT2D eigenvalue weighted by Crippen LogP contribution is 2.42. The van der Waals surface area contributed by atoms with Crippen molar-refractivity contribution >= 4 is 28.4 Å². The highest BCUT2D eigenvalue weighted by atomic mass is 16.5. The Bertz CT molecular complexity index is 1380. The summed E-state index contributed by atoms with van der Waals surface area (Å²) in [6.45, 7) is 4.34. The lowest BCUT2D eigenvalue weighted by Crippen LogP contribution is -2.63. The standard InChI is InChI=1S/C31H35N2O5/c1-5-30(2,29(35)32-19-22-11-6-8-13-24(22)36-3)33(20-31(37-4)17-10-18-31)28(34)27-26(21-15-16-21)23-12-7-9-14-25(23)38-27/h6-9,11-16H,5,10,17-20H2,1-4H3,(H,32,35). The lowest BCUT2D eigenvalue weighted by atomic mass is 9.78. The second kappa shape index (κ2) is 10.3. The van der Waals surface area contributed by atoms with Crippen LogP contribution in [0.1, 0.15) is 61.2 Å². The smallest absolute Gasteiger partial charge is 0.291 e. The van der Waals surface area contributed by atoms with E-state index in [2.05, 4.69) is 5.32 Å². The zero-order chi connectivity index (χ0) is 26.9. The van der Waals surface area contributed by atoms with E-state index >= 15 is 0 Å². The predicted molar refractivity (Wildman–Crippen MR) is 147 cm³/mol. The van der Waals surface area contributed by atoms with Gasteiger partial charge in [-0.25, -0.2) is 0 Å². The van der Waals surface area contributed by atoms with Crippen molar-refractivity contribution in [3.63, 3.8) is 0 Å². The average molecular weight is 516 g/mol. The van der Waals surface area contributed by atoms with Crippen molar-refractivity contribution < 1.29 is 23.5 Å². The van der Waals surface area contributed by atoms with Crippen molar-refractivity contribution in [3.05, 3.63) is 77.9 Å². The van der Waals surface area contributed by atoms with Crippen LogP contribution in [0, 0.1) is 6.42 Å². The first-order valence-corrected chi connectivity index (χ1v) is 13.2. The average Bonchev–Trinajstić information content (AvgIpc) is 3.69. The Morgan fingerprint density at radius 1 is 1.11 bits per heavy atom. The maximum absolute atomic E-state index is 14.4. The van der Waals surface area contributed by atoms with Gasteiger partial charge in [0.1, 0.15) is 16.9 Å². The van der Waals surface area contributed by atoms with E-state index in [4.69, 9.17) is 13.9 Å². The molecule has 1 heterocycles. The van der Waals surface area contributed by atoms with Crippen LogP contribution in [0.3, 0.4) is 0 Å². The molecule has 7 heteroatoms. The Labute approximate surface area is 223 Å². The number of amides is 2. The number of methoxy groups -OCH3 is 2. The monoisotopic (exact) mass is 515 g/mol. The molecule has 1 atom stereocenters. The van der Waals surface area contributed by atoms with Crippen molar-refractivity contribution in [3.8, 4) is 5.75 Å². The molecule has 199 valence electrons. The number of hydrogen-bond acceptors (Lipinski definition) is 5. The number of para-hydroxylation sites is 2. The summed E-state index contributed by atoms with van der Waals surface area (Å²) in [4.78, 5) is 30.0. The number of ether oxygens (including phenoxy) is 2. The van der Waals surface area contributed by atoms with E-state index in [9.17, 15) is 9.59 Å². The van der Waals surface area contributed by atoms with Gasteiger partial charge in [0.25, 0.3) is 5.91 Å². The number of rotatable bonds is 11. The zero-order valence-corrected chi connectivity index (χ0v) is 22.5. The van der Waals surface area contributed by atoms with Gasteiger partial charge in [0.15, 0.2) is 5.76 Å². The van der Waals surface area contributed by atoms with Crippen LogP contribution in [0.2, 0.25) is 0 Å². The minimum atomic E-state index is -1.14. The molecule has 2 aliphatic carbocycles. The van der Waals surface area contributed by atoms with Gasteiger partial charge >= 0.3 is 0 Å². The fraction of sp³-hybridized carbons (Fsp3) is 0.387. The minimum Gasteiger partial charge on any atom is -0.496 e. The van der Waals surface area contributed by atoms with Crippen molar-refractivity contribution in [2.45, 2.75) is 57.2 Å². The number of furan rings is 1. The summed E-state index contributed by atoms with van der Waals surface area (Å²) >= 11 is 0. The van der Waals surface area contributed by atoms with Gasteiger partial charge in [0.05, 0.1) is 19.3 Å². The van der Waals surface area contributed by atoms with Crippen LogP contribution in [0.15, 0.2) is 59.0 Å². The number of benzene rings is 2. The molecule has 3 aromatic rings. The molecule has 1 unspecified atom stereocenters. The second-order valence-electron chi connectivity index (χ2n) is 10.3. The van der Waals surface area contributed by atoms with Crippen molar-refractivity contribution in [2.24, 2.45) is 0 Å². The Balaban J connectivity index is 1.51. The first kappa shape index (κ1) is 26.0. The summed E-state index contributed by atoms with van der Waals surface area (Å²) in [7, 11) is 3.29. The Hall–Kier alpha value is -3.58. The number of allylic oxidation sites excluding steroid dienone is 2. The maximum Gasteiger partial charge on any atom is 0.291 e. The molecule has 0 saturated heterocycles. The van der Waals surface area contributed by atoms with Gasteiger partial charge < -0.3 is 24.1 Å². The van der Waals surface area contributed by atoms with Gasteiger partial charge in [-0.15, -0.1) is 0 Å². The van der Waals surface area contributed by atoms with E-state index in [1.165, 1.54) is 0 Å². The van der Waals surface area contributed by atoms with Crippen molar-refractivity contribution in [1.82, 2.24) is 10.2 Å². The van der Waals surface area contributed by atoms with Crippen LogP contribution >= 0.6 is 0 Å². The molecule has 1 aromatic heterocycles. The van der Waals surface area contributed by atoms with Crippen LogP contribution < -0.4 is 10.1 Å². The summed E-state index contributed by atoms with van der Waals surface area (Å²) < 4.78 is 17.6. The molecule has 38 heavy (non-hydrogen) atoms. The van der Waals surface area contributed by atoms with E-state index in [1.807, 2.05) is 74.9 Å². The van der Waals surface area contributed by atoms with Gasteiger partial charge in [-0.2, -0.15) is 0 Å². The topological polar surface area (TPSA) is 81.0 Å². The SMILES string of the molecule is CCC(C)(C(=O)NCc1ccccc1OC)N(CC1(OC)CCC1)C(=O)c1oc2ccccc2c1C1=C[CH]1. The molecule has 1 radical (unpaired) electrons. The summed E-state index contributed by atoms with van der Waals surface area (Å²) in [5.41, 5.74) is 1.65. The molecule has 1 N–H and O–H groups in total. The van der Waals surface area contributed by atoms with Crippen LogP contribution in [0.5, 0.6) is 5.75 Å². The molecule has 2 aromatic carbocycles. The number of carbonyl (C=O) groups is 2. The number of carbonyl (C=O) groups excluding carboxylic acids is 2. The van der Waals surface area contributed by atoms with E-state index in [-0.39, 0.29) is 24.1 Å². The fourth-order valence-electron chi connectivity index (χ4n) is 5.26. The van der Waals surface area contributed by atoms with Gasteiger partial charge in [-0.3, -0.25) is 9.59 Å². The number of nitrogens with zero attached hydrogens (tertiary/aromatic N) is 1. The summed E-state index contributed by atoms with van der Waals surface area (Å²) in [5.74, 6) is 0.416. The third-order valence-corrected chi connectivity index (χ3v) is 8.21. The van der Waals surface area contributed by atoms with E-state index in [1.54, 1.807) is 19.1 Å². The lowest BCUT2D eigenvalue weighted by molar-refractivity contribution is -0.138. The van der Waals surface area contributed by atoms with Gasteiger partial charge in [0, 0.05) is 36.6 Å². The van der Waals surface area contributed by atoms with Crippen molar-refractivity contribution in [2.75, 3.05) is 20.8 Å². The second-order valence-corrected chi connectivity index (χ2v) is 10.3. The number of nitrogens with one attached hydrogen (secondary N) is 1. The Morgan fingerprint density at radius 3 is 2.45 bits per heavy atom. The summed E-state index contributed by atoms with van der Waals surface area (Å²) in [5, 5.41) is 3.95. The molecule has 2 aliphatic rings. The van der Waals surface area contributed by atoms with Gasteiger partial charge in [-0.1, -0.05) is 49.4 Å². The Kier molecular flexibility index (Phi) is 7.05. The zero-order valence-electron chi connectivity index (χ0n) is 22.5. The van der Waals surface area contributed by atoms with E-state index < -0.39 is 11.1 Å². The molecule has 1 saturated carbocycles. The number of hydrogen-bond donors (Lipinski definition) is 1. The first-order valence-electron chi connectivity index (χ1n) is 13.2. The Morgan fingerprint density at radius 2 is 1.82 bits per heavy atom. The molecule has 1 fully saturated rings. The fourth-order valence-corrected chi connectivity index (χ4v) is 5.26. The van der Waals surface area contributed by atoms with Crippen LogP contribution in [-0.2, 0) is 16.1 Å². The van der Waals surface area contributed by atoms with E-state index in [0.29, 0.717) is 24.3 Å². The largest absolute Gasteiger partial charge is 0.496 e. The predicted octanol–water partition coefficient (Wildman–Crippen LogP) is 5.54. The maximum atomic E-state index is 14.4. The highest BCUT2D eigenvalue weighted by Gasteiger charge is 2.49. The highest BCUT2D eigenvalue weighted by molar-refractivity contribution is 6.10. The molecule has 0 spiro atoms. The van der Waals surface area contributed by atoms with E-state index in [0.717, 1.165) is 41.3 Å². The molecular formula is C31H35N2O5. The molecule has 0 bridgehead atoms. The van der Waals surface area contributed by atoms with Crippen LogP contribution in [0.25, 0.3) is 16.5 Å². The molecule has 0 aliphatic heterocycles. The normalized spacial score (nSPS) is 17.2. The lowest BCUT2D eigenvalue weighted by Gasteiger charge is -2.48. The molecule has 7 nitrogen and oxygen atoms in total. The summed E-state index contributed by atoms with van der Waals surface area (Å²) in [6, 6.07) is 15.2. The first-order chi connectivity index (χ1) is 18.4. The van der Waals surface area contributed by atoms with Crippen LogP contribution in [-0.4, -0.2) is 48.6 Å². The van der Waals surface area contributed by atoms with Crippen LogP contribution in [0.4, 0.5) is 0 Å². The molecule has 5 rings (SSSR count). The summed E-state index contributed by atoms with van der Waals surface area (Å²) in [6.07, 6.45) is 7.06. The number of fused-ring (bicyclic) bond motifs is 1. The quantitative estimate of drug-likeness (QED) is 0.363.